The van der Waals surface area contributed by atoms with E-state index in [0.717, 1.165) is 5.56 Å². The largest absolute Gasteiger partial charge is 0.294 e. The van der Waals surface area contributed by atoms with E-state index in [1.165, 1.54) is 31.7 Å². The van der Waals surface area contributed by atoms with Gasteiger partial charge in [0.25, 0.3) is 10.1 Å². The average Bonchev–Trinajstić information content (AvgIpc) is 2.30. The van der Waals surface area contributed by atoms with Crippen molar-refractivity contribution in [3.8, 4) is 0 Å². The molecule has 1 aromatic carbocycles. The maximum absolute atomic E-state index is 10.7. The maximum Gasteiger partial charge on any atom is 0.294 e. The van der Waals surface area contributed by atoms with Gasteiger partial charge in [-0.05, 0) is 51.2 Å². The van der Waals surface area contributed by atoms with Crippen LogP contribution in [-0.4, -0.2) is 13.0 Å². The lowest BCUT2D eigenvalue weighted by atomic mass is 10.1. The summed E-state index contributed by atoms with van der Waals surface area (Å²) in [5.41, 5.74) is 1.54. The minimum atomic E-state index is -4.05. The second-order valence-electron chi connectivity index (χ2n) is 4.50. The standard InChI is InChI=1S/C8H10O3S.C6H10/c1-6-3-4-8(7(2)5-6)12(9,10)11;1-2-4-6-5-3-1/h3-5H,1-2H3,(H,9,10,11);1-2H,3-6H2. The van der Waals surface area contributed by atoms with Crippen LogP contribution in [-0.2, 0) is 10.1 Å². The summed E-state index contributed by atoms with van der Waals surface area (Å²) in [6.45, 7) is 3.51. The van der Waals surface area contributed by atoms with Gasteiger partial charge in [0.05, 0.1) is 4.90 Å². The van der Waals surface area contributed by atoms with E-state index in [1.807, 2.05) is 6.92 Å². The quantitative estimate of drug-likeness (QED) is 0.624. The van der Waals surface area contributed by atoms with Crippen molar-refractivity contribution in [3.05, 3.63) is 41.5 Å². The Balaban J connectivity index is 0.000000225. The third-order valence-electron chi connectivity index (χ3n) is 2.77. The van der Waals surface area contributed by atoms with Gasteiger partial charge in [-0.25, -0.2) is 0 Å². The predicted molar refractivity (Wildman–Crippen MR) is 73.3 cm³/mol. The molecule has 0 atom stereocenters. The number of rotatable bonds is 1. The molecular weight excluding hydrogens is 248 g/mol. The second-order valence-corrected chi connectivity index (χ2v) is 5.89. The van der Waals surface area contributed by atoms with Crippen LogP contribution in [0.1, 0.15) is 36.8 Å². The molecule has 100 valence electrons. The van der Waals surface area contributed by atoms with Crippen molar-refractivity contribution in [1.29, 1.82) is 0 Å². The molecule has 18 heavy (non-hydrogen) atoms. The van der Waals surface area contributed by atoms with Gasteiger partial charge in [0.15, 0.2) is 0 Å². The Labute approximate surface area is 109 Å². The fourth-order valence-corrected chi connectivity index (χ4v) is 2.55. The van der Waals surface area contributed by atoms with Gasteiger partial charge in [0, 0.05) is 0 Å². The van der Waals surface area contributed by atoms with E-state index >= 15 is 0 Å². The summed E-state index contributed by atoms with van der Waals surface area (Å²) in [5, 5.41) is 0. The summed E-state index contributed by atoms with van der Waals surface area (Å²) in [6.07, 6.45) is 10.0. The van der Waals surface area contributed by atoms with E-state index in [9.17, 15) is 8.42 Å². The van der Waals surface area contributed by atoms with Crippen LogP contribution < -0.4 is 0 Å². The summed E-state index contributed by atoms with van der Waals surface area (Å²) < 4.78 is 30.2. The van der Waals surface area contributed by atoms with E-state index in [0.29, 0.717) is 5.56 Å². The highest BCUT2D eigenvalue weighted by atomic mass is 32.2. The predicted octanol–water partition coefficient (Wildman–Crippen LogP) is 3.67. The summed E-state index contributed by atoms with van der Waals surface area (Å²) in [6, 6.07) is 4.76. The molecule has 0 radical (unpaired) electrons. The Morgan fingerprint density at radius 3 is 1.94 bits per heavy atom. The average molecular weight is 268 g/mol. The third kappa shape index (κ3) is 5.02. The van der Waals surface area contributed by atoms with Crippen molar-refractivity contribution in [2.75, 3.05) is 0 Å². The van der Waals surface area contributed by atoms with Crippen molar-refractivity contribution in [3.63, 3.8) is 0 Å². The van der Waals surface area contributed by atoms with Crippen molar-refractivity contribution in [1.82, 2.24) is 0 Å². The molecule has 0 saturated heterocycles. The summed E-state index contributed by atoms with van der Waals surface area (Å²) in [5.74, 6) is 0. The summed E-state index contributed by atoms with van der Waals surface area (Å²) in [7, 11) is -4.05. The van der Waals surface area contributed by atoms with Crippen LogP contribution in [0.25, 0.3) is 0 Å². The molecule has 4 heteroatoms. The third-order valence-corrected chi connectivity index (χ3v) is 3.78. The molecule has 1 aromatic rings. The normalized spacial score (nSPS) is 14.8. The zero-order valence-electron chi connectivity index (χ0n) is 10.9. The molecule has 3 nitrogen and oxygen atoms in total. The second kappa shape index (κ2) is 6.71. The van der Waals surface area contributed by atoms with Crippen LogP contribution in [0.5, 0.6) is 0 Å². The van der Waals surface area contributed by atoms with E-state index in [2.05, 4.69) is 12.2 Å². The zero-order chi connectivity index (χ0) is 13.6. The number of aryl methyl sites for hydroxylation is 2. The van der Waals surface area contributed by atoms with Gasteiger partial charge in [-0.2, -0.15) is 8.42 Å². The number of allylic oxidation sites excluding steroid dienone is 2. The summed E-state index contributed by atoms with van der Waals surface area (Å²) >= 11 is 0. The minimum Gasteiger partial charge on any atom is -0.282 e. The first-order valence-corrected chi connectivity index (χ1v) is 7.55. The van der Waals surface area contributed by atoms with E-state index in [1.54, 1.807) is 19.1 Å². The SMILES string of the molecule is C1=CCCCC1.Cc1ccc(S(=O)(=O)O)c(C)c1. The molecule has 1 N–H and O–H groups in total. The molecule has 0 bridgehead atoms. The maximum atomic E-state index is 10.7. The van der Waals surface area contributed by atoms with Gasteiger partial charge in [-0.3, -0.25) is 4.55 Å². The van der Waals surface area contributed by atoms with Crippen molar-refractivity contribution >= 4 is 10.1 Å². The molecule has 0 saturated carbocycles. The monoisotopic (exact) mass is 268 g/mol. The zero-order valence-corrected chi connectivity index (χ0v) is 11.7. The van der Waals surface area contributed by atoms with Crippen LogP contribution in [0.15, 0.2) is 35.2 Å². The first-order chi connectivity index (χ1) is 8.41. The highest BCUT2D eigenvalue weighted by molar-refractivity contribution is 7.85. The van der Waals surface area contributed by atoms with Gasteiger partial charge in [-0.1, -0.05) is 29.8 Å². The first kappa shape index (κ1) is 14.9. The van der Waals surface area contributed by atoms with Crippen molar-refractivity contribution in [2.45, 2.75) is 44.4 Å². The fourth-order valence-electron chi connectivity index (χ4n) is 1.85. The van der Waals surface area contributed by atoms with Crippen LogP contribution in [0.2, 0.25) is 0 Å². The molecule has 2 rings (SSSR count). The Hall–Kier alpha value is -1.13. The van der Waals surface area contributed by atoms with Gasteiger partial charge in [0.1, 0.15) is 0 Å². The number of hydrogen-bond acceptors (Lipinski definition) is 2. The first-order valence-electron chi connectivity index (χ1n) is 6.11. The van der Waals surface area contributed by atoms with E-state index < -0.39 is 10.1 Å². The molecule has 0 heterocycles. The molecule has 0 aliphatic heterocycles. The van der Waals surface area contributed by atoms with Crippen molar-refractivity contribution in [2.24, 2.45) is 0 Å². The van der Waals surface area contributed by atoms with Crippen LogP contribution in [0, 0.1) is 13.8 Å². The molecule has 0 amide bonds. The smallest absolute Gasteiger partial charge is 0.282 e. The Morgan fingerprint density at radius 1 is 1.06 bits per heavy atom. The number of hydrogen-bond donors (Lipinski definition) is 1. The highest BCUT2D eigenvalue weighted by Crippen LogP contribution is 2.15. The van der Waals surface area contributed by atoms with Gasteiger partial charge < -0.3 is 0 Å². The summed E-state index contributed by atoms with van der Waals surface area (Å²) in [4.78, 5) is -0.0203. The number of benzene rings is 1. The minimum absolute atomic E-state index is 0.0203. The van der Waals surface area contributed by atoms with Crippen LogP contribution in [0.3, 0.4) is 0 Å². The van der Waals surface area contributed by atoms with Crippen LogP contribution in [0.4, 0.5) is 0 Å². The van der Waals surface area contributed by atoms with Gasteiger partial charge in [0.2, 0.25) is 0 Å². The molecule has 1 aliphatic rings. The lowest BCUT2D eigenvalue weighted by Gasteiger charge is -2.02. The van der Waals surface area contributed by atoms with E-state index in [4.69, 9.17) is 4.55 Å². The van der Waals surface area contributed by atoms with Crippen LogP contribution >= 0.6 is 0 Å². The Morgan fingerprint density at radius 2 is 1.61 bits per heavy atom. The Kier molecular flexibility index (Phi) is 5.56. The van der Waals surface area contributed by atoms with Crippen molar-refractivity contribution < 1.29 is 13.0 Å². The fraction of sp³-hybridized carbons (Fsp3) is 0.429. The topological polar surface area (TPSA) is 54.4 Å². The van der Waals surface area contributed by atoms with Gasteiger partial charge >= 0.3 is 0 Å². The lowest BCUT2D eigenvalue weighted by Crippen LogP contribution is -2.00. The molecule has 0 unspecified atom stereocenters. The molecule has 0 fully saturated rings. The van der Waals surface area contributed by atoms with E-state index in [-0.39, 0.29) is 4.90 Å². The molecule has 0 spiro atoms. The highest BCUT2D eigenvalue weighted by Gasteiger charge is 2.11. The molecular formula is C14H20O3S. The van der Waals surface area contributed by atoms with Gasteiger partial charge in [-0.15, -0.1) is 0 Å². The molecule has 0 aromatic heterocycles. The molecule has 1 aliphatic carbocycles. The lowest BCUT2D eigenvalue weighted by molar-refractivity contribution is 0.482. The Bertz CT molecular complexity index is 508.